The highest BCUT2D eigenvalue weighted by Crippen LogP contribution is 2.10. The number of rotatable bonds is 12. The molecule has 0 unspecified atom stereocenters. The van der Waals surface area contributed by atoms with Crippen LogP contribution in [0.15, 0.2) is 0 Å². The molecule has 0 bridgehead atoms. The SMILES string of the molecule is NCCCCCCCCCCC[C@H](N)C(=O)O. The van der Waals surface area contributed by atoms with E-state index in [0.29, 0.717) is 6.42 Å². The lowest BCUT2D eigenvalue weighted by molar-refractivity contribution is -0.138. The standard InChI is InChI=1S/C13H28N2O2/c14-11-9-7-5-3-1-2-4-6-8-10-12(15)13(16)17/h12H,1-11,14-15H2,(H,16,17)/t12-/m0/s1. The first-order chi connectivity index (χ1) is 8.18. The fraction of sp³-hybridized carbons (Fsp3) is 0.923. The quantitative estimate of drug-likeness (QED) is 0.459. The van der Waals surface area contributed by atoms with Crippen molar-refractivity contribution in [1.82, 2.24) is 0 Å². The molecule has 4 heteroatoms. The summed E-state index contributed by atoms with van der Waals surface area (Å²) in [4.78, 5) is 10.5. The summed E-state index contributed by atoms with van der Waals surface area (Å²) in [5.41, 5.74) is 10.8. The highest BCUT2D eigenvalue weighted by molar-refractivity contribution is 5.72. The molecule has 0 aromatic heterocycles. The van der Waals surface area contributed by atoms with E-state index in [1.165, 1.54) is 38.5 Å². The van der Waals surface area contributed by atoms with Crippen LogP contribution in [0.4, 0.5) is 0 Å². The fourth-order valence-corrected chi connectivity index (χ4v) is 1.87. The van der Waals surface area contributed by atoms with Crippen molar-refractivity contribution in [2.24, 2.45) is 11.5 Å². The molecule has 0 aliphatic rings. The smallest absolute Gasteiger partial charge is 0.320 e. The van der Waals surface area contributed by atoms with Gasteiger partial charge in [0.2, 0.25) is 0 Å². The number of carboxylic acid groups (broad SMARTS) is 1. The van der Waals surface area contributed by atoms with Gasteiger partial charge in [-0.25, -0.2) is 0 Å². The van der Waals surface area contributed by atoms with Crippen LogP contribution in [0, 0.1) is 0 Å². The Morgan fingerprint density at radius 2 is 1.29 bits per heavy atom. The van der Waals surface area contributed by atoms with Crippen molar-refractivity contribution in [3.8, 4) is 0 Å². The second kappa shape index (κ2) is 11.9. The van der Waals surface area contributed by atoms with E-state index in [9.17, 15) is 4.79 Å². The predicted molar refractivity (Wildman–Crippen MR) is 70.8 cm³/mol. The van der Waals surface area contributed by atoms with Crippen LogP contribution in [-0.2, 0) is 4.79 Å². The second-order valence-electron chi connectivity index (χ2n) is 4.70. The lowest BCUT2D eigenvalue weighted by Crippen LogP contribution is -2.29. The highest BCUT2D eigenvalue weighted by Gasteiger charge is 2.09. The van der Waals surface area contributed by atoms with Crippen LogP contribution in [0.1, 0.15) is 64.2 Å². The Hall–Kier alpha value is -0.610. The number of carbonyl (C=O) groups is 1. The Bertz CT molecular complexity index is 186. The summed E-state index contributed by atoms with van der Waals surface area (Å²) in [6.45, 7) is 0.809. The normalized spacial score (nSPS) is 12.6. The van der Waals surface area contributed by atoms with Crippen molar-refractivity contribution < 1.29 is 9.90 Å². The number of hydrogen-bond donors (Lipinski definition) is 3. The van der Waals surface area contributed by atoms with Gasteiger partial charge in [-0.15, -0.1) is 0 Å². The number of hydrogen-bond acceptors (Lipinski definition) is 3. The van der Waals surface area contributed by atoms with Crippen LogP contribution < -0.4 is 11.5 Å². The van der Waals surface area contributed by atoms with Gasteiger partial charge in [0.25, 0.3) is 0 Å². The minimum Gasteiger partial charge on any atom is -0.480 e. The molecule has 17 heavy (non-hydrogen) atoms. The first-order valence-electron chi connectivity index (χ1n) is 6.87. The summed E-state index contributed by atoms with van der Waals surface area (Å²) in [7, 11) is 0. The maximum absolute atomic E-state index is 10.5. The Balaban J connectivity index is 3.06. The Morgan fingerprint density at radius 1 is 0.882 bits per heavy atom. The molecule has 0 aliphatic heterocycles. The molecule has 0 aromatic rings. The maximum atomic E-state index is 10.5. The topological polar surface area (TPSA) is 89.3 Å². The molecule has 0 heterocycles. The van der Waals surface area contributed by atoms with E-state index in [4.69, 9.17) is 16.6 Å². The minimum atomic E-state index is -0.884. The van der Waals surface area contributed by atoms with Gasteiger partial charge in [-0.05, 0) is 19.4 Å². The number of nitrogens with two attached hydrogens (primary N) is 2. The summed E-state index contributed by atoms with van der Waals surface area (Å²) in [6, 6.07) is -0.675. The molecule has 0 amide bonds. The summed E-state index contributed by atoms with van der Waals surface area (Å²) in [5, 5.41) is 8.59. The molecule has 0 radical (unpaired) electrons. The van der Waals surface area contributed by atoms with E-state index in [-0.39, 0.29) is 0 Å². The monoisotopic (exact) mass is 244 g/mol. The van der Waals surface area contributed by atoms with Gasteiger partial charge in [-0.2, -0.15) is 0 Å². The molecule has 0 saturated carbocycles. The van der Waals surface area contributed by atoms with Gasteiger partial charge >= 0.3 is 5.97 Å². The number of aliphatic carboxylic acids is 1. The number of unbranched alkanes of at least 4 members (excludes halogenated alkanes) is 8. The fourth-order valence-electron chi connectivity index (χ4n) is 1.87. The molecule has 0 aromatic carbocycles. The van der Waals surface area contributed by atoms with Gasteiger partial charge in [0.1, 0.15) is 6.04 Å². The molecule has 0 spiro atoms. The van der Waals surface area contributed by atoms with Crippen molar-refractivity contribution in [3.05, 3.63) is 0 Å². The first-order valence-corrected chi connectivity index (χ1v) is 6.87. The molecule has 0 fully saturated rings. The van der Waals surface area contributed by atoms with E-state index < -0.39 is 12.0 Å². The first kappa shape index (κ1) is 16.4. The van der Waals surface area contributed by atoms with E-state index in [0.717, 1.165) is 25.8 Å². The zero-order valence-electron chi connectivity index (χ0n) is 10.9. The van der Waals surface area contributed by atoms with Crippen molar-refractivity contribution in [2.75, 3.05) is 6.54 Å². The molecule has 0 aliphatic carbocycles. The van der Waals surface area contributed by atoms with E-state index in [1.54, 1.807) is 0 Å². The van der Waals surface area contributed by atoms with Crippen molar-refractivity contribution in [1.29, 1.82) is 0 Å². The van der Waals surface area contributed by atoms with Crippen molar-refractivity contribution >= 4 is 5.97 Å². The van der Waals surface area contributed by atoms with Crippen LogP contribution in [0.25, 0.3) is 0 Å². The van der Waals surface area contributed by atoms with Crippen molar-refractivity contribution in [3.63, 3.8) is 0 Å². The van der Waals surface area contributed by atoms with E-state index >= 15 is 0 Å². The van der Waals surface area contributed by atoms with Crippen LogP contribution >= 0.6 is 0 Å². The largest absolute Gasteiger partial charge is 0.480 e. The molecular weight excluding hydrogens is 216 g/mol. The van der Waals surface area contributed by atoms with E-state index in [1.807, 2.05) is 0 Å². The lowest BCUT2D eigenvalue weighted by atomic mass is 10.0. The summed E-state index contributed by atoms with van der Waals surface area (Å²) in [5.74, 6) is -0.884. The van der Waals surface area contributed by atoms with Gasteiger partial charge in [0, 0.05) is 0 Å². The Labute approximate surface area is 105 Å². The van der Waals surface area contributed by atoms with Gasteiger partial charge < -0.3 is 16.6 Å². The van der Waals surface area contributed by atoms with Crippen LogP contribution in [0.3, 0.4) is 0 Å². The predicted octanol–water partition coefficient (Wildman–Crippen LogP) is 2.26. The molecular formula is C13H28N2O2. The van der Waals surface area contributed by atoms with Gasteiger partial charge in [-0.3, -0.25) is 4.79 Å². The molecule has 5 N–H and O–H groups in total. The third kappa shape index (κ3) is 11.6. The van der Waals surface area contributed by atoms with Gasteiger partial charge in [-0.1, -0.05) is 51.4 Å². The van der Waals surface area contributed by atoms with Gasteiger partial charge in [0.15, 0.2) is 0 Å². The maximum Gasteiger partial charge on any atom is 0.320 e. The molecule has 0 saturated heterocycles. The van der Waals surface area contributed by atoms with Crippen LogP contribution in [-0.4, -0.2) is 23.7 Å². The summed E-state index contributed by atoms with van der Waals surface area (Å²) in [6.07, 6.45) is 11.4. The highest BCUT2D eigenvalue weighted by atomic mass is 16.4. The van der Waals surface area contributed by atoms with Gasteiger partial charge in [0.05, 0.1) is 0 Å². The molecule has 1 atom stereocenters. The van der Waals surface area contributed by atoms with Crippen molar-refractivity contribution in [2.45, 2.75) is 70.3 Å². The average molecular weight is 244 g/mol. The minimum absolute atomic E-state index is 0.603. The zero-order chi connectivity index (χ0) is 12.9. The Morgan fingerprint density at radius 3 is 1.71 bits per heavy atom. The summed E-state index contributed by atoms with van der Waals surface area (Å²) < 4.78 is 0. The summed E-state index contributed by atoms with van der Waals surface area (Å²) >= 11 is 0. The number of carboxylic acids is 1. The molecule has 0 rings (SSSR count). The molecule has 102 valence electrons. The Kier molecular flexibility index (Phi) is 11.4. The third-order valence-electron chi connectivity index (χ3n) is 3.04. The van der Waals surface area contributed by atoms with Crippen LogP contribution in [0.5, 0.6) is 0 Å². The molecule has 4 nitrogen and oxygen atoms in total. The third-order valence-corrected chi connectivity index (χ3v) is 3.04. The van der Waals surface area contributed by atoms with E-state index in [2.05, 4.69) is 0 Å². The lowest BCUT2D eigenvalue weighted by Gasteiger charge is -2.05. The average Bonchev–Trinajstić information content (AvgIpc) is 2.31. The second-order valence-corrected chi connectivity index (χ2v) is 4.70. The van der Waals surface area contributed by atoms with Crippen LogP contribution in [0.2, 0.25) is 0 Å². The zero-order valence-corrected chi connectivity index (χ0v) is 10.9.